The van der Waals surface area contributed by atoms with Crippen LogP contribution in [0.5, 0.6) is 5.75 Å². The van der Waals surface area contributed by atoms with Crippen molar-refractivity contribution >= 4 is 11.6 Å². The second kappa shape index (κ2) is 8.27. The Labute approximate surface area is 157 Å². The maximum Gasteiger partial charge on any atom is 0.271 e. The number of methoxy groups -OCH3 is 1. The molecule has 0 saturated heterocycles. The molecule has 1 amide bonds. The molecule has 3 aromatic rings. The Morgan fingerprint density at radius 1 is 0.963 bits per heavy atom. The number of halogens is 1. The van der Waals surface area contributed by atoms with Crippen LogP contribution in [0.1, 0.15) is 22.8 Å². The molecule has 0 fully saturated rings. The van der Waals surface area contributed by atoms with Crippen LogP contribution < -0.4 is 10.2 Å². The van der Waals surface area contributed by atoms with E-state index in [4.69, 9.17) is 4.74 Å². The van der Waals surface area contributed by atoms with Crippen LogP contribution >= 0.6 is 0 Å². The van der Waals surface area contributed by atoms with Crippen molar-refractivity contribution in [3.63, 3.8) is 0 Å². The lowest BCUT2D eigenvalue weighted by Gasteiger charge is -2.07. The average molecular weight is 362 g/mol. The third kappa shape index (κ3) is 4.39. The van der Waals surface area contributed by atoms with Crippen LogP contribution in [0, 0.1) is 5.82 Å². The summed E-state index contributed by atoms with van der Waals surface area (Å²) in [6.45, 7) is 1.63. The number of ether oxygens (including phenoxy) is 1. The lowest BCUT2D eigenvalue weighted by molar-refractivity contribution is 0.0955. The van der Waals surface area contributed by atoms with E-state index in [2.05, 4.69) is 10.5 Å². The van der Waals surface area contributed by atoms with Crippen molar-refractivity contribution in [2.45, 2.75) is 6.92 Å². The molecule has 0 aromatic heterocycles. The highest BCUT2D eigenvalue weighted by Crippen LogP contribution is 2.19. The third-order valence-corrected chi connectivity index (χ3v) is 4.15. The first-order chi connectivity index (χ1) is 13.1. The van der Waals surface area contributed by atoms with Gasteiger partial charge in [0, 0.05) is 17.2 Å². The second-order valence-electron chi connectivity index (χ2n) is 5.93. The molecule has 0 spiro atoms. The van der Waals surface area contributed by atoms with Gasteiger partial charge in [-0.1, -0.05) is 42.5 Å². The summed E-state index contributed by atoms with van der Waals surface area (Å²) in [6, 6.07) is 21.6. The lowest BCUT2D eigenvalue weighted by atomic mass is 10.0. The molecule has 0 saturated carbocycles. The molecule has 0 radical (unpaired) electrons. The van der Waals surface area contributed by atoms with Gasteiger partial charge in [0.05, 0.1) is 12.8 Å². The Kier molecular flexibility index (Phi) is 5.61. The van der Waals surface area contributed by atoms with Crippen molar-refractivity contribution < 1.29 is 13.9 Å². The number of carbonyl (C=O) groups excluding carboxylic acids is 1. The minimum atomic E-state index is -0.461. The summed E-state index contributed by atoms with van der Waals surface area (Å²) in [4.78, 5) is 12.3. The van der Waals surface area contributed by atoms with Gasteiger partial charge in [0.15, 0.2) is 0 Å². The molecule has 0 aliphatic rings. The Morgan fingerprint density at radius 3 is 2.26 bits per heavy atom. The van der Waals surface area contributed by atoms with Gasteiger partial charge in [-0.05, 0) is 42.3 Å². The molecule has 0 heterocycles. The smallest absolute Gasteiger partial charge is 0.271 e. The van der Waals surface area contributed by atoms with E-state index in [-0.39, 0.29) is 5.91 Å². The van der Waals surface area contributed by atoms with Gasteiger partial charge in [-0.25, -0.2) is 9.82 Å². The quantitative estimate of drug-likeness (QED) is 0.530. The molecule has 5 heteroatoms. The summed E-state index contributed by atoms with van der Waals surface area (Å²) >= 11 is 0. The van der Waals surface area contributed by atoms with Crippen molar-refractivity contribution in [2.24, 2.45) is 5.10 Å². The number of hydrazone groups is 1. The summed E-state index contributed by atoms with van der Waals surface area (Å²) in [6.07, 6.45) is 0. The number of rotatable bonds is 5. The Balaban J connectivity index is 1.71. The van der Waals surface area contributed by atoms with Gasteiger partial charge in [-0.3, -0.25) is 4.79 Å². The highest BCUT2D eigenvalue weighted by molar-refractivity contribution is 6.01. The molecule has 1 N–H and O–H groups in total. The predicted octanol–water partition coefficient (Wildman–Crippen LogP) is 4.66. The molecular formula is C22H19FN2O2. The Hall–Kier alpha value is -3.47. The van der Waals surface area contributed by atoms with E-state index in [0.717, 1.165) is 11.1 Å². The van der Waals surface area contributed by atoms with Crippen molar-refractivity contribution in [3.8, 4) is 16.9 Å². The molecule has 136 valence electrons. The second-order valence-corrected chi connectivity index (χ2v) is 5.93. The van der Waals surface area contributed by atoms with Gasteiger partial charge in [-0.2, -0.15) is 5.10 Å². The van der Waals surface area contributed by atoms with Crippen molar-refractivity contribution in [1.29, 1.82) is 0 Å². The van der Waals surface area contributed by atoms with Crippen LogP contribution in [-0.4, -0.2) is 18.7 Å². The number of amides is 1. The van der Waals surface area contributed by atoms with E-state index < -0.39 is 5.82 Å². The summed E-state index contributed by atoms with van der Waals surface area (Å²) in [7, 11) is 1.47. The van der Waals surface area contributed by atoms with Crippen LogP contribution in [0.4, 0.5) is 4.39 Å². The monoisotopic (exact) mass is 362 g/mol. The van der Waals surface area contributed by atoms with Crippen molar-refractivity contribution in [1.82, 2.24) is 5.43 Å². The van der Waals surface area contributed by atoms with Gasteiger partial charge in [0.25, 0.3) is 5.91 Å². The Bertz CT molecular complexity index is 967. The fraction of sp³-hybridized carbons (Fsp3) is 0.0909. The summed E-state index contributed by atoms with van der Waals surface area (Å²) < 4.78 is 19.0. The van der Waals surface area contributed by atoms with Gasteiger partial charge >= 0.3 is 0 Å². The molecule has 3 rings (SSSR count). The van der Waals surface area contributed by atoms with E-state index in [0.29, 0.717) is 22.6 Å². The van der Waals surface area contributed by atoms with Crippen LogP contribution in [0.2, 0.25) is 0 Å². The van der Waals surface area contributed by atoms with Crippen molar-refractivity contribution in [2.75, 3.05) is 7.11 Å². The van der Waals surface area contributed by atoms with Crippen LogP contribution in [0.25, 0.3) is 11.1 Å². The van der Waals surface area contributed by atoms with Crippen LogP contribution in [0.15, 0.2) is 77.9 Å². The van der Waals surface area contributed by atoms with Crippen LogP contribution in [-0.2, 0) is 0 Å². The molecule has 0 bridgehead atoms. The van der Waals surface area contributed by atoms with Gasteiger partial charge < -0.3 is 4.74 Å². The predicted molar refractivity (Wildman–Crippen MR) is 105 cm³/mol. The van der Waals surface area contributed by atoms with E-state index in [9.17, 15) is 9.18 Å². The molecular weight excluding hydrogens is 343 g/mol. The molecule has 0 unspecified atom stereocenters. The van der Waals surface area contributed by atoms with Gasteiger partial charge in [-0.15, -0.1) is 0 Å². The first-order valence-corrected chi connectivity index (χ1v) is 8.42. The average Bonchev–Trinajstić information content (AvgIpc) is 2.72. The fourth-order valence-corrected chi connectivity index (χ4v) is 2.62. The highest BCUT2D eigenvalue weighted by atomic mass is 19.1. The first-order valence-electron chi connectivity index (χ1n) is 8.42. The number of hydrogen-bond donors (Lipinski definition) is 1. The standard InChI is InChI=1S/C22H19FN2O2/c1-15(20-13-12-19(27-2)14-21(20)23)24-25-22(26)18-10-8-17(9-11-18)16-6-4-3-5-7-16/h3-14H,1-2H3,(H,25,26). The van der Waals surface area contributed by atoms with E-state index in [1.165, 1.54) is 13.2 Å². The topological polar surface area (TPSA) is 50.7 Å². The molecule has 0 aliphatic carbocycles. The molecule has 0 aliphatic heterocycles. The lowest BCUT2D eigenvalue weighted by Crippen LogP contribution is -2.19. The SMILES string of the molecule is COc1ccc(C(C)=NNC(=O)c2ccc(-c3ccccc3)cc2)c(F)c1. The highest BCUT2D eigenvalue weighted by Gasteiger charge is 2.09. The van der Waals surface area contributed by atoms with Crippen LogP contribution in [0.3, 0.4) is 0 Å². The Morgan fingerprint density at radius 2 is 1.63 bits per heavy atom. The maximum absolute atomic E-state index is 14.1. The summed E-state index contributed by atoms with van der Waals surface area (Å²) in [5.41, 5.74) is 5.70. The molecule has 3 aromatic carbocycles. The zero-order valence-electron chi connectivity index (χ0n) is 15.1. The molecule has 0 atom stereocenters. The van der Waals surface area contributed by atoms with Crippen molar-refractivity contribution in [3.05, 3.63) is 89.7 Å². The number of nitrogens with one attached hydrogen (secondary N) is 1. The van der Waals surface area contributed by atoms with Gasteiger partial charge in [0.2, 0.25) is 0 Å². The number of hydrogen-bond acceptors (Lipinski definition) is 3. The van der Waals surface area contributed by atoms with E-state index >= 15 is 0 Å². The number of carbonyl (C=O) groups is 1. The largest absolute Gasteiger partial charge is 0.497 e. The zero-order chi connectivity index (χ0) is 19.2. The number of nitrogens with zero attached hydrogens (tertiary/aromatic N) is 1. The number of benzene rings is 3. The zero-order valence-corrected chi connectivity index (χ0v) is 15.1. The maximum atomic E-state index is 14.1. The third-order valence-electron chi connectivity index (χ3n) is 4.15. The van der Waals surface area contributed by atoms with Gasteiger partial charge in [0.1, 0.15) is 11.6 Å². The summed E-state index contributed by atoms with van der Waals surface area (Å²) in [5, 5.41) is 4.00. The normalized spacial score (nSPS) is 11.1. The van der Waals surface area contributed by atoms with E-state index in [1.54, 1.807) is 31.2 Å². The minimum Gasteiger partial charge on any atom is -0.497 e. The van der Waals surface area contributed by atoms with E-state index in [1.807, 2.05) is 42.5 Å². The molecule has 4 nitrogen and oxygen atoms in total. The molecule has 27 heavy (non-hydrogen) atoms. The fourth-order valence-electron chi connectivity index (χ4n) is 2.62. The minimum absolute atomic E-state index is 0.301. The summed E-state index contributed by atoms with van der Waals surface area (Å²) in [5.74, 6) is -0.397. The first kappa shape index (κ1) is 18.3.